The zero-order chi connectivity index (χ0) is 23.2. The average Bonchev–Trinajstić information content (AvgIpc) is 2.64. The molecular weight excluding hydrogens is 398 g/mol. The summed E-state index contributed by atoms with van der Waals surface area (Å²) in [5.41, 5.74) is 3.49. The highest BCUT2D eigenvalue weighted by Gasteiger charge is 2.27. The first-order chi connectivity index (χ1) is 14.4. The van der Waals surface area contributed by atoms with Crippen molar-refractivity contribution < 1.29 is 19.6 Å². The maximum Gasteiger partial charge on any atom is 0.278 e. The van der Waals surface area contributed by atoms with Crippen molar-refractivity contribution in [1.29, 1.82) is 0 Å². The van der Waals surface area contributed by atoms with E-state index in [4.69, 9.17) is 4.74 Å². The lowest BCUT2D eigenvalue weighted by molar-refractivity contribution is -0.385. The third-order valence-corrected chi connectivity index (χ3v) is 4.58. The van der Waals surface area contributed by atoms with Gasteiger partial charge in [-0.2, -0.15) is 5.10 Å². The van der Waals surface area contributed by atoms with E-state index < -0.39 is 10.8 Å². The van der Waals surface area contributed by atoms with Gasteiger partial charge in [0.05, 0.1) is 16.7 Å². The highest BCUT2D eigenvalue weighted by Crippen LogP contribution is 2.36. The molecule has 2 aromatic rings. The highest BCUT2D eigenvalue weighted by molar-refractivity contribution is 5.87. The summed E-state index contributed by atoms with van der Waals surface area (Å²) in [6, 6.07) is 11.2. The lowest BCUT2D eigenvalue weighted by atomic mass is 9.72. The molecule has 1 amide bonds. The Balaban J connectivity index is 1.91. The number of phenolic OH excluding ortho intramolecular Hbond substituents is 1. The SMILES string of the molecule is CC(C)(C)CC(C)(C)c1ccc(OCC(=O)N/N=C\c2cc(O)ccc2[N+](=O)[O-])cc1. The lowest BCUT2D eigenvalue weighted by Gasteiger charge is -2.33. The number of nitrogens with one attached hydrogen (secondary N) is 1. The Kier molecular flexibility index (Phi) is 7.38. The van der Waals surface area contributed by atoms with Gasteiger partial charge in [-0.15, -0.1) is 0 Å². The van der Waals surface area contributed by atoms with Crippen LogP contribution >= 0.6 is 0 Å². The van der Waals surface area contributed by atoms with Crippen molar-refractivity contribution in [2.75, 3.05) is 6.61 Å². The Morgan fingerprint density at radius 3 is 2.39 bits per heavy atom. The van der Waals surface area contributed by atoms with Crippen molar-refractivity contribution in [3.05, 3.63) is 63.7 Å². The molecule has 0 aromatic heterocycles. The van der Waals surface area contributed by atoms with Crippen LogP contribution in [0.5, 0.6) is 11.5 Å². The number of aromatic hydroxyl groups is 1. The molecule has 8 heteroatoms. The molecule has 0 heterocycles. The van der Waals surface area contributed by atoms with Crippen LogP contribution in [0.15, 0.2) is 47.6 Å². The van der Waals surface area contributed by atoms with Gasteiger partial charge in [0.1, 0.15) is 11.5 Å². The number of benzene rings is 2. The van der Waals surface area contributed by atoms with Crippen LogP contribution in [0.2, 0.25) is 0 Å². The molecule has 166 valence electrons. The van der Waals surface area contributed by atoms with E-state index in [1.807, 2.05) is 24.3 Å². The second-order valence-electron chi connectivity index (χ2n) is 9.23. The molecule has 8 nitrogen and oxygen atoms in total. The number of rotatable bonds is 8. The number of hydrazone groups is 1. The van der Waals surface area contributed by atoms with Gasteiger partial charge in [-0.05, 0) is 47.1 Å². The summed E-state index contributed by atoms with van der Waals surface area (Å²) in [5.74, 6) is -0.106. The maximum atomic E-state index is 11.9. The van der Waals surface area contributed by atoms with Crippen LogP contribution < -0.4 is 10.2 Å². The molecule has 0 saturated heterocycles. The third kappa shape index (κ3) is 7.40. The van der Waals surface area contributed by atoms with Gasteiger partial charge in [-0.3, -0.25) is 14.9 Å². The van der Waals surface area contributed by atoms with Gasteiger partial charge in [0.2, 0.25) is 0 Å². The Labute approximate surface area is 182 Å². The predicted octanol–water partition coefficient (Wildman–Crippen LogP) is 4.54. The van der Waals surface area contributed by atoms with E-state index in [1.54, 1.807) is 0 Å². The second kappa shape index (κ2) is 9.59. The second-order valence-corrected chi connectivity index (χ2v) is 9.23. The molecule has 0 aliphatic heterocycles. The van der Waals surface area contributed by atoms with Crippen LogP contribution in [0.3, 0.4) is 0 Å². The van der Waals surface area contributed by atoms with Crippen LogP contribution in [-0.2, 0) is 10.2 Å². The predicted molar refractivity (Wildman–Crippen MR) is 120 cm³/mol. The van der Waals surface area contributed by atoms with Gasteiger partial charge in [0, 0.05) is 6.07 Å². The van der Waals surface area contributed by atoms with Gasteiger partial charge in [-0.1, -0.05) is 46.8 Å². The maximum absolute atomic E-state index is 11.9. The molecule has 0 saturated carbocycles. The lowest BCUT2D eigenvalue weighted by Crippen LogP contribution is -2.25. The zero-order valence-corrected chi connectivity index (χ0v) is 18.5. The van der Waals surface area contributed by atoms with Crippen molar-refractivity contribution in [2.24, 2.45) is 10.5 Å². The van der Waals surface area contributed by atoms with Gasteiger partial charge in [0.15, 0.2) is 6.61 Å². The number of ether oxygens (including phenoxy) is 1. The van der Waals surface area contributed by atoms with Crippen molar-refractivity contribution >= 4 is 17.8 Å². The molecule has 0 unspecified atom stereocenters. The molecule has 2 aromatic carbocycles. The molecule has 2 rings (SSSR count). The summed E-state index contributed by atoms with van der Waals surface area (Å²) < 4.78 is 5.49. The number of nitro groups is 1. The van der Waals surface area contributed by atoms with E-state index in [-0.39, 0.29) is 34.4 Å². The van der Waals surface area contributed by atoms with Crippen molar-refractivity contribution in [3.63, 3.8) is 0 Å². The number of nitro benzene ring substituents is 1. The van der Waals surface area contributed by atoms with Crippen LogP contribution in [0.1, 0.15) is 52.2 Å². The fourth-order valence-corrected chi connectivity index (χ4v) is 3.60. The van der Waals surface area contributed by atoms with Crippen LogP contribution in [0.25, 0.3) is 0 Å². The number of hydrogen-bond donors (Lipinski definition) is 2. The Morgan fingerprint density at radius 1 is 1.16 bits per heavy atom. The topological polar surface area (TPSA) is 114 Å². The number of hydrogen-bond acceptors (Lipinski definition) is 6. The zero-order valence-electron chi connectivity index (χ0n) is 18.5. The summed E-state index contributed by atoms with van der Waals surface area (Å²) in [6.07, 6.45) is 2.12. The largest absolute Gasteiger partial charge is 0.508 e. The van der Waals surface area contributed by atoms with Gasteiger partial charge in [0.25, 0.3) is 11.6 Å². The molecule has 0 fully saturated rings. The monoisotopic (exact) mass is 427 g/mol. The average molecular weight is 428 g/mol. The summed E-state index contributed by atoms with van der Waals surface area (Å²) in [5, 5.41) is 24.2. The molecule has 0 atom stereocenters. The Morgan fingerprint density at radius 2 is 1.81 bits per heavy atom. The molecule has 0 aliphatic carbocycles. The molecular formula is C23H29N3O5. The number of carbonyl (C=O) groups excluding carboxylic acids is 1. The first kappa shape index (κ1) is 23.9. The Bertz CT molecular complexity index is 960. The summed E-state index contributed by atoms with van der Waals surface area (Å²) >= 11 is 0. The first-order valence-electron chi connectivity index (χ1n) is 9.90. The molecule has 0 spiro atoms. The molecule has 31 heavy (non-hydrogen) atoms. The molecule has 0 radical (unpaired) electrons. The van der Waals surface area contributed by atoms with E-state index >= 15 is 0 Å². The number of carbonyl (C=O) groups is 1. The highest BCUT2D eigenvalue weighted by atomic mass is 16.6. The summed E-state index contributed by atoms with van der Waals surface area (Å²) in [7, 11) is 0. The van der Waals surface area contributed by atoms with Crippen LogP contribution in [-0.4, -0.2) is 28.8 Å². The summed E-state index contributed by atoms with van der Waals surface area (Å²) in [4.78, 5) is 22.3. The van der Waals surface area contributed by atoms with E-state index in [9.17, 15) is 20.0 Å². The summed E-state index contributed by atoms with van der Waals surface area (Å²) in [6.45, 7) is 10.8. The molecule has 0 aliphatic rings. The first-order valence-corrected chi connectivity index (χ1v) is 9.90. The van der Waals surface area contributed by atoms with E-state index in [1.165, 1.54) is 17.7 Å². The van der Waals surface area contributed by atoms with Crippen LogP contribution in [0, 0.1) is 15.5 Å². The minimum Gasteiger partial charge on any atom is -0.508 e. The number of nitrogens with zero attached hydrogens (tertiary/aromatic N) is 2. The van der Waals surface area contributed by atoms with Gasteiger partial charge in [-0.25, -0.2) is 5.43 Å². The molecule has 0 bridgehead atoms. The van der Waals surface area contributed by atoms with E-state index in [2.05, 4.69) is 45.1 Å². The van der Waals surface area contributed by atoms with Gasteiger partial charge >= 0.3 is 0 Å². The molecule has 2 N–H and O–H groups in total. The standard InChI is InChI=1S/C23H29N3O5/c1-22(2,3)15-23(4,5)17-6-9-19(10-7-17)31-14-21(28)25-24-13-16-12-18(27)8-11-20(16)26(29)30/h6-13,27H,14-15H2,1-5H3,(H,25,28)/b24-13-. The number of phenols is 1. The van der Waals surface area contributed by atoms with Crippen LogP contribution in [0.4, 0.5) is 5.69 Å². The Hall–Kier alpha value is -3.42. The van der Waals surface area contributed by atoms with Crippen molar-refractivity contribution in [1.82, 2.24) is 5.43 Å². The van der Waals surface area contributed by atoms with E-state index in [0.29, 0.717) is 5.75 Å². The minimum absolute atomic E-state index is 0.0113. The normalized spacial score (nSPS) is 12.0. The third-order valence-electron chi connectivity index (χ3n) is 4.58. The van der Waals surface area contributed by atoms with Crippen molar-refractivity contribution in [3.8, 4) is 11.5 Å². The number of amides is 1. The fraction of sp³-hybridized carbons (Fsp3) is 0.391. The van der Waals surface area contributed by atoms with Gasteiger partial charge < -0.3 is 9.84 Å². The van der Waals surface area contributed by atoms with E-state index in [0.717, 1.165) is 18.7 Å². The quantitative estimate of drug-likeness (QED) is 0.365. The smallest absolute Gasteiger partial charge is 0.278 e. The van der Waals surface area contributed by atoms with Crippen molar-refractivity contribution in [2.45, 2.75) is 46.5 Å². The fourth-order valence-electron chi connectivity index (χ4n) is 3.60. The minimum atomic E-state index is -0.599.